The van der Waals surface area contributed by atoms with Crippen LogP contribution in [0.5, 0.6) is 0 Å². The zero-order valence-corrected chi connectivity index (χ0v) is 17.9. The molecule has 0 bridgehead atoms. The summed E-state index contributed by atoms with van der Waals surface area (Å²) >= 11 is 0. The van der Waals surface area contributed by atoms with Crippen LogP contribution >= 0.6 is 0 Å². The molecule has 0 radical (unpaired) electrons. The Labute approximate surface area is 170 Å². The maximum Gasteiger partial charge on any atom is 0.162 e. The van der Waals surface area contributed by atoms with Gasteiger partial charge in [0.2, 0.25) is 0 Å². The molecule has 0 unspecified atom stereocenters. The standard InChI is InChI=1S/C26H38F2/c1-3-4-5-6-20-8-10-21(11-9-20)12-13-22-14-16-23(17-15-22)24-18-7-19(2)25(27)26(24)28/h7,12-13,18,20-23H,3-6,8-11,14-17H2,1-2H3. The summed E-state index contributed by atoms with van der Waals surface area (Å²) in [6, 6.07) is 3.52. The van der Waals surface area contributed by atoms with E-state index >= 15 is 0 Å². The van der Waals surface area contributed by atoms with Gasteiger partial charge in [0.25, 0.3) is 0 Å². The van der Waals surface area contributed by atoms with Crippen LogP contribution in [0.2, 0.25) is 0 Å². The Kier molecular flexibility index (Phi) is 8.11. The predicted octanol–water partition coefficient (Wildman–Crippen LogP) is 8.49. The van der Waals surface area contributed by atoms with Gasteiger partial charge in [0.1, 0.15) is 0 Å². The molecule has 3 rings (SSSR count). The second-order valence-electron chi connectivity index (χ2n) is 9.37. The van der Waals surface area contributed by atoms with Crippen molar-refractivity contribution in [1.82, 2.24) is 0 Å². The minimum atomic E-state index is -0.662. The van der Waals surface area contributed by atoms with Gasteiger partial charge in [0.05, 0.1) is 0 Å². The molecule has 2 saturated carbocycles. The highest BCUT2D eigenvalue weighted by Gasteiger charge is 2.25. The van der Waals surface area contributed by atoms with E-state index in [-0.39, 0.29) is 5.92 Å². The molecule has 2 aliphatic rings. The van der Waals surface area contributed by atoms with Gasteiger partial charge in [-0.25, -0.2) is 8.78 Å². The predicted molar refractivity (Wildman–Crippen MR) is 115 cm³/mol. The van der Waals surface area contributed by atoms with Crippen molar-refractivity contribution >= 4 is 0 Å². The Morgan fingerprint density at radius 2 is 1.43 bits per heavy atom. The minimum Gasteiger partial charge on any atom is -0.203 e. The Morgan fingerprint density at radius 1 is 0.821 bits per heavy atom. The lowest BCUT2D eigenvalue weighted by molar-refractivity contribution is 0.287. The Bertz CT molecular complexity index is 632. The van der Waals surface area contributed by atoms with Crippen LogP contribution in [0, 0.1) is 36.3 Å². The van der Waals surface area contributed by atoms with Gasteiger partial charge in [0, 0.05) is 0 Å². The van der Waals surface area contributed by atoms with E-state index in [1.165, 1.54) is 51.4 Å². The van der Waals surface area contributed by atoms with Crippen LogP contribution in [0.3, 0.4) is 0 Å². The normalized spacial score (nSPS) is 28.7. The van der Waals surface area contributed by atoms with Gasteiger partial charge in [-0.1, -0.05) is 56.9 Å². The van der Waals surface area contributed by atoms with E-state index in [2.05, 4.69) is 19.1 Å². The molecule has 0 aromatic heterocycles. The van der Waals surface area contributed by atoms with E-state index in [0.29, 0.717) is 17.0 Å². The van der Waals surface area contributed by atoms with Gasteiger partial charge in [-0.05, 0) is 93.1 Å². The molecule has 156 valence electrons. The second-order valence-corrected chi connectivity index (χ2v) is 9.37. The first-order chi connectivity index (χ1) is 13.6. The van der Waals surface area contributed by atoms with Crippen LogP contribution in [0.25, 0.3) is 0 Å². The average Bonchev–Trinajstić information content (AvgIpc) is 2.72. The SMILES string of the molecule is CCCCCC1CCC(C=CC2CCC(c3ccc(C)c(F)c3F)CC2)CC1. The third kappa shape index (κ3) is 5.67. The highest BCUT2D eigenvalue weighted by molar-refractivity contribution is 5.28. The van der Waals surface area contributed by atoms with Crippen LogP contribution in [0.1, 0.15) is 101 Å². The van der Waals surface area contributed by atoms with E-state index in [0.717, 1.165) is 37.5 Å². The summed E-state index contributed by atoms with van der Waals surface area (Å²) in [7, 11) is 0. The van der Waals surface area contributed by atoms with E-state index in [9.17, 15) is 8.78 Å². The summed E-state index contributed by atoms with van der Waals surface area (Å²) < 4.78 is 28.2. The Morgan fingerprint density at radius 3 is 2.04 bits per heavy atom. The second kappa shape index (κ2) is 10.6. The summed E-state index contributed by atoms with van der Waals surface area (Å²) in [6.07, 6.45) is 20.2. The molecule has 0 nitrogen and oxygen atoms in total. The summed E-state index contributed by atoms with van der Waals surface area (Å²) in [5.74, 6) is 1.26. The number of unbranched alkanes of at least 4 members (excludes halogenated alkanes) is 2. The molecule has 2 fully saturated rings. The van der Waals surface area contributed by atoms with Crippen molar-refractivity contribution in [2.24, 2.45) is 17.8 Å². The molecular weight excluding hydrogens is 350 g/mol. The minimum absolute atomic E-state index is 0.179. The highest BCUT2D eigenvalue weighted by atomic mass is 19.2. The molecule has 2 aliphatic carbocycles. The molecule has 1 aromatic rings. The lowest BCUT2D eigenvalue weighted by atomic mass is 9.76. The molecular formula is C26H38F2. The third-order valence-electron chi connectivity index (χ3n) is 7.28. The number of benzene rings is 1. The Hall–Kier alpha value is -1.18. The number of halogens is 2. The van der Waals surface area contributed by atoms with Gasteiger partial charge < -0.3 is 0 Å². The van der Waals surface area contributed by atoms with E-state index in [1.54, 1.807) is 19.1 Å². The summed E-state index contributed by atoms with van der Waals surface area (Å²) in [6.45, 7) is 3.91. The quantitative estimate of drug-likeness (QED) is 0.324. The molecule has 0 saturated heterocycles. The topological polar surface area (TPSA) is 0 Å². The fraction of sp³-hybridized carbons (Fsp3) is 0.692. The van der Waals surface area contributed by atoms with E-state index < -0.39 is 11.6 Å². The summed E-state index contributed by atoms with van der Waals surface area (Å²) in [5.41, 5.74) is 0.991. The summed E-state index contributed by atoms with van der Waals surface area (Å²) in [5, 5.41) is 0. The molecule has 0 heterocycles. The maximum atomic E-state index is 14.3. The van der Waals surface area contributed by atoms with Gasteiger partial charge in [-0.2, -0.15) is 0 Å². The van der Waals surface area contributed by atoms with Crippen molar-refractivity contribution in [3.8, 4) is 0 Å². The van der Waals surface area contributed by atoms with Gasteiger partial charge in [0.15, 0.2) is 11.6 Å². The summed E-state index contributed by atoms with van der Waals surface area (Å²) in [4.78, 5) is 0. The fourth-order valence-corrected chi connectivity index (χ4v) is 5.27. The third-order valence-corrected chi connectivity index (χ3v) is 7.28. The van der Waals surface area contributed by atoms with Crippen LogP contribution in [0.4, 0.5) is 8.78 Å². The van der Waals surface area contributed by atoms with Crippen molar-refractivity contribution in [3.05, 3.63) is 47.0 Å². The van der Waals surface area contributed by atoms with Crippen LogP contribution < -0.4 is 0 Å². The first-order valence-corrected chi connectivity index (χ1v) is 11.7. The first kappa shape index (κ1) is 21.5. The number of aryl methyl sites for hydroxylation is 1. The van der Waals surface area contributed by atoms with Crippen molar-refractivity contribution < 1.29 is 8.78 Å². The lowest BCUT2D eigenvalue weighted by Gasteiger charge is -2.29. The van der Waals surface area contributed by atoms with E-state index in [4.69, 9.17) is 0 Å². The van der Waals surface area contributed by atoms with Crippen molar-refractivity contribution in [2.75, 3.05) is 0 Å². The number of hydrogen-bond acceptors (Lipinski definition) is 0. The highest BCUT2D eigenvalue weighted by Crippen LogP contribution is 2.39. The molecule has 0 atom stereocenters. The molecule has 1 aromatic carbocycles. The van der Waals surface area contributed by atoms with Crippen molar-refractivity contribution in [1.29, 1.82) is 0 Å². The molecule has 2 heteroatoms. The first-order valence-electron chi connectivity index (χ1n) is 11.7. The zero-order chi connectivity index (χ0) is 19.9. The smallest absolute Gasteiger partial charge is 0.162 e. The number of hydrogen-bond donors (Lipinski definition) is 0. The Balaban J connectivity index is 1.42. The lowest BCUT2D eigenvalue weighted by Crippen LogP contribution is -2.15. The van der Waals surface area contributed by atoms with Crippen LogP contribution in [0.15, 0.2) is 24.3 Å². The van der Waals surface area contributed by atoms with Gasteiger partial charge >= 0.3 is 0 Å². The van der Waals surface area contributed by atoms with Crippen LogP contribution in [-0.4, -0.2) is 0 Å². The number of rotatable bonds is 7. The molecule has 0 aliphatic heterocycles. The van der Waals surface area contributed by atoms with Crippen molar-refractivity contribution in [2.45, 2.75) is 96.8 Å². The maximum absolute atomic E-state index is 14.3. The van der Waals surface area contributed by atoms with Crippen molar-refractivity contribution in [3.63, 3.8) is 0 Å². The van der Waals surface area contributed by atoms with Gasteiger partial charge in [-0.3, -0.25) is 0 Å². The molecule has 0 N–H and O–H groups in total. The largest absolute Gasteiger partial charge is 0.203 e. The average molecular weight is 389 g/mol. The fourth-order valence-electron chi connectivity index (χ4n) is 5.27. The van der Waals surface area contributed by atoms with E-state index in [1.807, 2.05) is 0 Å². The number of allylic oxidation sites excluding steroid dienone is 2. The molecule has 0 spiro atoms. The van der Waals surface area contributed by atoms with Crippen LogP contribution in [-0.2, 0) is 0 Å². The molecule has 28 heavy (non-hydrogen) atoms. The zero-order valence-electron chi connectivity index (χ0n) is 17.9. The molecule has 0 amide bonds. The monoisotopic (exact) mass is 388 g/mol. The van der Waals surface area contributed by atoms with Gasteiger partial charge in [-0.15, -0.1) is 0 Å².